The molecule has 0 spiro atoms. The number of carbonyl (C=O) groups is 2. The van der Waals surface area contributed by atoms with Crippen LogP contribution in [0.5, 0.6) is 23.0 Å². The van der Waals surface area contributed by atoms with Gasteiger partial charge in [-0.1, -0.05) is 15.9 Å². The fourth-order valence-electron chi connectivity index (χ4n) is 3.38. The SMILES string of the molecule is COc1ccc(OC)c(/C=C2\Oc3cc(OC(=O)c4ccc(Br)cc4)cc(C)c3C2=O)c1. The van der Waals surface area contributed by atoms with Gasteiger partial charge >= 0.3 is 5.97 Å². The lowest BCUT2D eigenvalue weighted by atomic mass is 10.0. The van der Waals surface area contributed by atoms with E-state index in [-0.39, 0.29) is 11.5 Å². The van der Waals surface area contributed by atoms with Gasteiger partial charge in [0.05, 0.1) is 25.3 Å². The summed E-state index contributed by atoms with van der Waals surface area (Å²) in [5.41, 5.74) is 2.13. The Morgan fingerprint density at radius 3 is 2.41 bits per heavy atom. The van der Waals surface area contributed by atoms with E-state index >= 15 is 0 Å². The third-order valence-electron chi connectivity index (χ3n) is 4.96. The van der Waals surface area contributed by atoms with Crippen molar-refractivity contribution in [3.8, 4) is 23.0 Å². The zero-order valence-corrected chi connectivity index (χ0v) is 19.2. The molecule has 0 fully saturated rings. The second-order valence-electron chi connectivity index (χ2n) is 7.06. The quantitative estimate of drug-likeness (QED) is 0.260. The van der Waals surface area contributed by atoms with Gasteiger partial charge in [-0.2, -0.15) is 0 Å². The Labute approximate surface area is 193 Å². The van der Waals surface area contributed by atoms with Gasteiger partial charge in [-0.15, -0.1) is 0 Å². The number of ketones is 1. The highest BCUT2D eigenvalue weighted by atomic mass is 79.9. The van der Waals surface area contributed by atoms with E-state index in [1.165, 1.54) is 0 Å². The summed E-state index contributed by atoms with van der Waals surface area (Å²) in [6.45, 7) is 1.77. The summed E-state index contributed by atoms with van der Waals surface area (Å²) < 4.78 is 22.8. The summed E-state index contributed by atoms with van der Waals surface area (Å²) in [4.78, 5) is 25.4. The second kappa shape index (κ2) is 8.88. The molecule has 7 heteroatoms. The van der Waals surface area contributed by atoms with E-state index in [2.05, 4.69) is 15.9 Å². The van der Waals surface area contributed by atoms with E-state index in [0.29, 0.717) is 45.3 Å². The Kier molecular flexibility index (Phi) is 6.01. The van der Waals surface area contributed by atoms with Crippen molar-refractivity contribution in [3.05, 3.63) is 87.1 Å². The number of aryl methyl sites for hydroxylation is 1. The largest absolute Gasteiger partial charge is 0.497 e. The number of ether oxygens (including phenoxy) is 4. The number of fused-ring (bicyclic) bond motifs is 1. The topological polar surface area (TPSA) is 71.1 Å². The number of hydrogen-bond donors (Lipinski definition) is 0. The number of carbonyl (C=O) groups excluding carboxylic acids is 2. The molecular weight excluding hydrogens is 476 g/mol. The summed E-state index contributed by atoms with van der Waals surface area (Å²) >= 11 is 3.34. The van der Waals surface area contributed by atoms with Gasteiger partial charge < -0.3 is 18.9 Å². The number of benzene rings is 3. The van der Waals surface area contributed by atoms with Crippen LogP contribution in [-0.4, -0.2) is 26.0 Å². The fraction of sp³-hybridized carbons (Fsp3) is 0.120. The molecule has 0 saturated carbocycles. The normalized spacial score (nSPS) is 13.5. The third kappa shape index (κ3) is 4.24. The number of halogens is 1. The highest BCUT2D eigenvalue weighted by Crippen LogP contribution is 2.38. The van der Waals surface area contributed by atoms with E-state index < -0.39 is 5.97 Å². The number of Topliss-reactive ketones (excluding diaryl/α,β-unsaturated/α-hetero) is 1. The molecule has 32 heavy (non-hydrogen) atoms. The molecule has 1 heterocycles. The van der Waals surface area contributed by atoms with Crippen LogP contribution < -0.4 is 18.9 Å². The van der Waals surface area contributed by atoms with Crippen molar-refractivity contribution >= 4 is 33.8 Å². The van der Waals surface area contributed by atoms with Crippen molar-refractivity contribution in [2.75, 3.05) is 14.2 Å². The number of hydrogen-bond acceptors (Lipinski definition) is 6. The Bertz CT molecular complexity index is 1240. The van der Waals surface area contributed by atoms with Crippen LogP contribution in [0, 0.1) is 6.92 Å². The van der Waals surface area contributed by atoms with Crippen molar-refractivity contribution in [1.82, 2.24) is 0 Å². The Hall–Kier alpha value is -3.58. The predicted molar refractivity (Wildman–Crippen MR) is 123 cm³/mol. The van der Waals surface area contributed by atoms with Gasteiger partial charge in [0, 0.05) is 16.1 Å². The smallest absolute Gasteiger partial charge is 0.343 e. The molecule has 4 rings (SSSR count). The molecule has 0 aromatic heterocycles. The molecule has 0 unspecified atom stereocenters. The standard InChI is InChI=1S/C25H19BrO6/c1-14-10-19(31-25(28)15-4-6-17(26)7-5-15)13-21-23(14)24(27)22(32-21)12-16-11-18(29-2)8-9-20(16)30-3/h4-13H,1-3H3/b22-12-. The van der Waals surface area contributed by atoms with Gasteiger partial charge in [-0.25, -0.2) is 4.79 Å². The van der Waals surface area contributed by atoms with Gasteiger partial charge in [0.15, 0.2) is 5.76 Å². The molecule has 0 atom stereocenters. The minimum Gasteiger partial charge on any atom is -0.497 e. The second-order valence-corrected chi connectivity index (χ2v) is 7.97. The molecule has 0 saturated heterocycles. The molecule has 0 amide bonds. The molecular formula is C25H19BrO6. The van der Waals surface area contributed by atoms with Gasteiger partial charge in [-0.05, 0) is 67.1 Å². The Balaban J connectivity index is 1.63. The first-order chi connectivity index (χ1) is 15.4. The number of allylic oxidation sites excluding steroid dienone is 1. The predicted octanol–water partition coefficient (Wildman–Crippen LogP) is 5.61. The maximum Gasteiger partial charge on any atom is 0.343 e. The molecule has 0 N–H and O–H groups in total. The van der Waals surface area contributed by atoms with E-state index in [1.807, 2.05) is 0 Å². The zero-order valence-electron chi connectivity index (χ0n) is 17.6. The Morgan fingerprint density at radius 1 is 0.969 bits per heavy atom. The molecule has 1 aliphatic rings. The summed E-state index contributed by atoms with van der Waals surface area (Å²) in [6, 6.07) is 15.3. The number of rotatable bonds is 5. The van der Waals surface area contributed by atoms with Crippen molar-refractivity contribution in [3.63, 3.8) is 0 Å². The van der Waals surface area contributed by atoms with Crippen LogP contribution in [0.2, 0.25) is 0 Å². The van der Waals surface area contributed by atoms with Crippen molar-refractivity contribution < 1.29 is 28.5 Å². The molecule has 0 aliphatic carbocycles. The van der Waals surface area contributed by atoms with Crippen LogP contribution in [0.15, 0.2) is 64.8 Å². The van der Waals surface area contributed by atoms with Crippen LogP contribution in [0.3, 0.4) is 0 Å². The van der Waals surface area contributed by atoms with Crippen molar-refractivity contribution in [2.24, 2.45) is 0 Å². The van der Waals surface area contributed by atoms with Gasteiger partial charge in [-0.3, -0.25) is 4.79 Å². The Morgan fingerprint density at radius 2 is 1.72 bits per heavy atom. The maximum atomic E-state index is 13.0. The maximum absolute atomic E-state index is 13.0. The minimum absolute atomic E-state index is 0.144. The molecule has 6 nitrogen and oxygen atoms in total. The van der Waals surface area contributed by atoms with Gasteiger partial charge in [0.1, 0.15) is 23.0 Å². The number of methoxy groups -OCH3 is 2. The minimum atomic E-state index is -0.502. The highest BCUT2D eigenvalue weighted by molar-refractivity contribution is 9.10. The molecule has 1 aliphatic heterocycles. The van der Waals surface area contributed by atoms with Crippen LogP contribution in [-0.2, 0) is 0 Å². The molecule has 0 radical (unpaired) electrons. The van der Waals surface area contributed by atoms with E-state index in [4.69, 9.17) is 18.9 Å². The summed E-state index contributed by atoms with van der Waals surface area (Å²) in [5, 5.41) is 0. The first-order valence-corrected chi connectivity index (χ1v) is 10.5. The molecule has 3 aromatic rings. The molecule has 3 aromatic carbocycles. The van der Waals surface area contributed by atoms with E-state index in [0.717, 1.165) is 4.47 Å². The monoisotopic (exact) mass is 494 g/mol. The van der Waals surface area contributed by atoms with Gasteiger partial charge in [0.25, 0.3) is 0 Å². The summed E-state index contributed by atoms with van der Waals surface area (Å²) in [7, 11) is 3.11. The van der Waals surface area contributed by atoms with Crippen molar-refractivity contribution in [1.29, 1.82) is 0 Å². The first-order valence-electron chi connectivity index (χ1n) is 9.68. The lowest BCUT2D eigenvalue weighted by molar-refractivity contribution is 0.0734. The first kappa shape index (κ1) is 21.6. The van der Waals surface area contributed by atoms with E-state index in [9.17, 15) is 9.59 Å². The molecule has 0 bridgehead atoms. The average Bonchev–Trinajstić information content (AvgIpc) is 3.09. The van der Waals surface area contributed by atoms with E-state index in [1.54, 1.807) is 81.8 Å². The fourth-order valence-corrected chi connectivity index (χ4v) is 3.65. The summed E-state index contributed by atoms with van der Waals surface area (Å²) in [5.74, 6) is 1.21. The van der Waals surface area contributed by atoms with Crippen molar-refractivity contribution in [2.45, 2.75) is 6.92 Å². The highest BCUT2D eigenvalue weighted by Gasteiger charge is 2.30. The van der Waals surface area contributed by atoms with Crippen LogP contribution >= 0.6 is 15.9 Å². The van der Waals surface area contributed by atoms with Crippen LogP contribution in [0.4, 0.5) is 0 Å². The van der Waals surface area contributed by atoms with Crippen LogP contribution in [0.1, 0.15) is 31.8 Å². The van der Waals surface area contributed by atoms with Gasteiger partial charge in [0.2, 0.25) is 5.78 Å². The number of esters is 1. The molecule has 162 valence electrons. The lowest BCUT2D eigenvalue weighted by Crippen LogP contribution is -2.08. The lowest BCUT2D eigenvalue weighted by Gasteiger charge is -2.08. The third-order valence-corrected chi connectivity index (χ3v) is 5.49. The summed E-state index contributed by atoms with van der Waals surface area (Å²) in [6.07, 6.45) is 1.61. The average molecular weight is 495 g/mol. The zero-order chi connectivity index (χ0) is 22.8. The van der Waals surface area contributed by atoms with Crippen LogP contribution in [0.25, 0.3) is 6.08 Å².